The Morgan fingerprint density at radius 1 is 1.58 bits per heavy atom. The Kier molecular flexibility index (Phi) is 3.60. The zero-order valence-corrected chi connectivity index (χ0v) is 12.8. The van der Waals surface area contributed by atoms with Gasteiger partial charge in [-0.25, -0.2) is 4.98 Å². The van der Waals surface area contributed by atoms with Crippen LogP contribution in [0.5, 0.6) is 0 Å². The summed E-state index contributed by atoms with van der Waals surface area (Å²) in [5, 5.41) is 15.4. The molecule has 0 aromatic carbocycles. The third-order valence-electron chi connectivity index (χ3n) is 4.23. The van der Waals surface area contributed by atoms with E-state index in [1.807, 2.05) is 5.38 Å². The van der Waals surface area contributed by atoms with Gasteiger partial charge in [0.05, 0.1) is 5.69 Å². The first-order valence-corrected chi connectivity index (χ1v) is 7.57. The lowest BCUT2D eigenvalue weighted by molar-refractivity contribution is -0.142. The second-order valence-electron chi connectivity index (χ2n) is 6.55. The highest BCUT2D eigenvalue weighted by atomic mass is 32.1. The maximum Gasteiger partial charge on any atom is 0.315 e. The molecule has 4 nitrogen and oxygen atoms in total. The van der Waals surface area contributed by atoms with Crippen LogP contribution in [-0.2, 0) is 10.2 Å². The Balaban J connectivity index is 2.12. The number of carboxylic acid groups (broad SMARTS) is 1. The Morgan fingerprint density at radius 3 is 2.79 bits per heavy atom. The largest absolute Gasteiger partial charge is 0.481 e. The first-order chi connectivity index (χ1) is 8.73. The van der Waals surface area contributed by atoms with E-state index in [2.05, 4.69) is 24.1 Å². The summed E-state index contributed by atoms with van der Waals surface area (Å²) in [6.07, 6.45) is 3.62. The van der Waals surface area contributed by atoms with Gasteiger partial charge in [0.15, 0.2) is 5.13 Å². The van der Waals surface area contributed by atoms with Crippen molar-refractivity contribution in [3.05, 3.63) is 11.1 Å². The molecule has 1 aromatic heterocycles. The first kappa shape index (κ1) is 14.3. The van der Waals surface area contributed by atoms with E-state index in [-0.39, 0.29) is 5.41 Å². The fourth-order valence-electron chi connectivity index (χ4n) is 2.48. The van der Waals surface area contributed by atoms with Crippen LogP contribution >= 0.6 is 11.3 Å². The fraction of sp³-hybridized carbons (Fsp3) is 0.714. The fourth-order valence-corrected chi connectivity index (χ4v) is 3.41. The summed E-state index contributed by atoms with van der Waals surface area (Å²) in [4.78, 5) is 15.7. The third-order valence-corrected chi connectivity index (χ3v) is 5.01. The standard InChI is InChI=1S/C14H22N2O2S/c1-13(2)7-5-6-9(13)15-12-16-10(8-19-12)14(3,4)11(17)18/h8-9H,5-7H2,1-4H3,(H,15,16)(H,17,18). The predicted molar refractivity (Wildman–Crippen MR) is 77.8 cm³/mol. The van der Waals surface area contributed by atoms with Crippen molar-refractivity contribution in [3.8, 4) is 0 Å². The summed E-state index contributed by atoms with van der Waals surface area (Å²) in [5.74, 6) is -0.842. The molecule has 1 aliphatic rings. The average Bonchev–Trinajstić information content (AvgIpc) is 2.87. The number of hydrogen-bond acceptors (Lipinski definition) is 4. The number of nitrogens with one attached hydrogen (secondary N) is 1. The normalized spacial score (nSPS) is 22.4. The summed E-state index contributed by atoms with van der Waals surface area (Å²) in [7, 11) is 0. The molecule has 1 saturated carbocycles. The smallest absolute Gasteiger partial charge is 0.315 e. The quantitative estimate of drug-likeness (QED) is 0.887. The van der Waals surface area contributed by atoms with E-state index in [0.29, 0.717) is 11.7 Å². The van der Waals surface area contributed by atoms with Crippen LogP contribution in [-0.4, -0.2) is 22.1 Å². The van der Waals surface area contributed by atoms with Crippen molar-refractivity contribution in [3.63, 3.8) is 0 Å². The number of aliphatic carboxylic acids is 1. The highest BCUT2D eigenvalue weighted by Crippen LogP contribution is 2.39. The lowest BCUT2D eigenvalue weighted by atomic mass is 9.87. The monoisotopic (exact) mass is 282 g/mol. The van der Waals surface area contributed by atoms with Crippen LogP contribution in [0.1, 0.15) is 52.7 Å². The molecule has 1 fully saturated rings. The van der Waals surface area contributed by atoms with Crippen molar-refractivity contribution in [2.45, 2.75) is 58.4 Å². The lowest BCUT2D eigenvalue weighted by Gasteiger charge is -2.27. The van der Waals surface area contributed by atoms with E-state index in [9.17, 15) is 9.90 Å². The van der Waals surface area contributed by atoms with E-state index in [0.717, 1.165) is 11.6 Å². The summed E-state index contributed by atoms with van der Waals surface area (Å²) >= 11 is 1.50. The molecule has 2 rings (SSSR count). The minimum absolute atomic E-state index is 0.286. The molecule has 0 saturated heterocycles. The van der Waals surface area contributed by atoms with E-state index in [1.165, 1.54) is 24.2 Å². The topological polar surface area (TPSA) is 62.2 Å². The second kappa shape index (κ2) is 4.78. The molecule has 106 valence electrons. The number of anilines is 1. The average molecular weight is 282 g/mol. The van der Waals surface area contributed by atoms with Crippen LogP contribution in [0.3, 0.4) is 0 Å². The maximum atomic E-state index is 11.2. The number of carboxylic acids is 1. The Morgan fingerprint density at radius 2 is 2.26 bits per heavy atom. The molecule has 0 amide bonds. The molecular weight excluding hydrogens is 260 g/mol. The molecule has 2 N–H and O–H groups in total. The number of rotatable bonds is 4. The Labute approximate surface area is 118 Å². The number of thiazole rings is 1. The molecule has 5 heteroatoms. The van der Waals surface area contributed by atoms with Gasteiger partial charge in [0.2, 0.25) is 0 Å². The van der Waals surface area contributed by atoms with E-state index >= 15 is 0 Å². The molecule has 1 aromatic rings. The molecule has 0 radical (unpaired) electrons. The van der Waals surface area contributed by atoms with Crippen LogP contribution in [0.2, 0.25) is 0 Å². The lowest BCUT2D eigenvalue weighted by Crippen LogP contribution is -2.31. The summed E-state index contributed by atoms with van der Waals surface area (Å²) in [6, 6.07) is 0.430. The molecular formula is C14H22N2O2S. The van der Waals surface area contributed by atoms with Crippen LogP contribution in [0.4, 0.5) is 5.13 Å². The highest BCUT2D eigenvalue weighted by Gasteiger charge is 2.36. The van der Waals surface area contributed by atoms with Gasteiger partial charge in [-0.15, -0.1) is 11.3 Å². The van der Waals surface area contributed by atoms with E-state index in [1.54, 1.807) is 13.8 Å². The van der Waals surface area contributed by atoms with Crippen LogP contribution in [0, 0.1) is 5.41 Å². The van der Waals surface area contributed by atoms with Crippen molar-refractivity contribution in [1.29, 1.82) is 0 Å². The minimum Gasteiger partial charge on any atom is -0.481 e. The van der Waals surface area contributed by atoms with E-state index in [4.69, 9.17) is 0 Å². The number of carbonyl (C=O) groups is 1. The minimum atomic E-state index is -0.929. The first-order valence-electron chi connectivity index (χ1n) is 6.69. The SMILES string of the molecule is CC(C)(C(=O)O)c1csc(NC2CCCC2(C)C)n1. The van der Waals surface area contributed by atoms with Gasteiger partial charge in [0, 0.05) is 11.4 Å². The molecule has 1 atom stereocenters. The van der Waals surface area contributed by atoms with Gasteiger partial charge in [-0.1, -0.05) is 20.3 Å². The van der Waals surface area contributed by atoms with Crippen molar-refractivity contribution in [2.75, 3.05) is 5.32 Å². The molecule has 0 aliphatic heterocycles. The van der Waals surface area contributed by atoms with Gasteiger partial charge in [-0.2, -0.15) is 0 Å². The van der Waals surface area contributed by atoms with Crippen molar-refractivity contribution in [1.82, 2.24) is 4.98 Å². The number of nitrogens with zero attached hydrogens (tertiary/aromatic N) is 1. The van der Waals surface area contributed by atoms with Gasteiger partial charge in [-0.3, -0.25) is 4.79 Å². The van der Waals surface area contributed by atoms with Crippen LogP contribution < -0.4 is 5.32 Å². The maximum absolute atomic E-state index is 11.2. The summed E-state index contributed by atoms with van der Waals surface area (Å²) in [6.45, 7) is 7.92. The van der Waals surface area contributed by atoms with Gasteiger partial charge in [0.1, 0.15) is 5.41 Å². The summed E-state index contributed by atoms with van der Waals surface area (Å²) in [5.41, 5.74) is -0.0150. The zero-order valence-electron chi connectivity index (χ0n) is 12.0. The summed E-state index contributed by atoms with van der Waals surface area (Å²) < 4.78 is 0. The molecule has 0 bridgehead atoms. The number of hydrogen-bond donors (Lipinski definition) is 2. The van der Waals surface area contributed by atoms with Crippen molar-refractivity contribution in [2.24, 2.45) is 5.41 Å². The molecule has 19 heavy (non-hydrogen) atoms. The van der Waals surface area contributed by atoms with Crippen molar-refractivity contribution < 1.29 is 9.90 Å². The molecule has 0 spiro atoms. The zero-order chi connectivity index (χ0) is 14.3. The van der Waals surface area contributed by atoms with Gasteiger partial charge in [0.25, 0.3) is 0 Å². The van der Waals surface area contributed by atoms with Crippen molar-refractivity contribution >= 4 is 22.4 Å². The Bertz CT molecular complexity index is 480. The molecule has 1 heterocycles. The predicted octanol–water partition coefficient (Wildman–Crippen LogP) is 3.50. The van der Waals surface area contributed by atoms with Gasteiger partial charge in [-0.05, 0) is 32.1 Å². The van der Waals surface area contributed by atoms with Gasteiger partial charge < -0.3 is 10.4 Å². The highest BCUT2D eigenvalue weighted by molar-refractivity contribution is 7.13. The van der Waals surface area contributed by atoms with Crippen LogP contribution in [0.15, 0.2) is 5.38 Å². The van der Waals surface area contributed by atoms with Gasteiger partial charge >= 0.3 is 5.97 Å². The van der Waals surface area contributed by atoms with Crippen LogP contribution in [0.25, 0.3) is 0 Å². The van der Waals surface area contributed by atoms with E-state index < -0.39 is 11.4 Å². The third kappa shape index (κ3) is 2.76. The molecule has 1 aliphatic carbocycles. The number of aromatic nitrogens is 1. The second-order valence-corrected chi connectivity index (χ2v) is 7.40. The molecule has 1 unspecified atom stereocenters. The Hall–Kier alpha value is -1.10.